The number of benzene rings is 2. The summed E-state index contributed by atoms with van der Waals surface area (Å²) >= 11 is 0. The van der Waals surface area contributed by atoms with Crippen LogP contribution in [0.2, 0.25) is 0 Å². The molecule has 1 unspecified atom stereocenters. The number of carbonyl (C=O) groups excluding carboxylic acids is 2. The molecule has 2 amide bonds. The number of nitrogens with one attached hydrogen (secondary N) is 2. The summed E-state index contributed by atoms with van der Waals surface area (Å²) in [6.07, 6.45) is 4.81. The number of fused-ring (bicyclic) bond motifs is 1. The molecule has 5 heteroatoms. The maximum absolute atomic E-state index is 12.5. The van der Waals surface area contributed by atoms with Gasteiger partial charge in [-0.2, -0.15) is 0 Å². The summed E-state index contributed by atoms with van der Waals surface area (Å²) in [5.74, 6) is -0.0948. The van der Waals surface area contributed by atoms with Crippen molar-refractivity contribution in [2.75, 3.05) is 5.32 Å². The minimum absolute atomic E-state index is 0.0242. The predicted octanol–water partition coefficient (Wildman–Crippen LogP) is 3.44. The molecule has 3 aromatic rings. The van der Waals surface area contributed by atoms with E-state index in [-0.39, 0.29) is 17.9 Å². The second kappa shape index (κ2) is 6.36. The number of nitrogens with zero attached hydrogens (tertiary/aromatic N) is 1. The molecule has 1 fully saturated rings. The molecule has 1 saturated heterocycles. The lowest BCUT2D eigenvalue weighted by Crippen LogP contribution is -2.18. The van der Waals surface area contributed by atoms with E-state index in [0.717, 1.165) is 28.4 Å². The first-order valence-electron chi connectivity index (χ1n) is 8.23. The standard InChI is InChI=1S/C20H17N3O2/c24-19-7-6-18(23-19)14-2-1-3-17(11-14)22-20(25)15-5-4-13-8-9-21-12-16(13)10-15/h1-5,8-12,18H,6-7H2,(H,22,25)(H,23,24). The summed E-state index contributed by atoms with van der Waals surface area (Å²) in [4.78, 5) is 28.0. The number of hydrogen-bond acceptors (Lipinski definition) is 3. The number of hydrogen-bond donors (Lipinski definition) is 2. The van der Waals surface area contributed by atoms with Crippen LogP contribution in [0, 0.1) is 0 Å². The van der Waals surface area contributed by atoms with E-state index >= 15 is 0 Å². The van der Waals surface area contributed by atoms with Gasteiger partial charge in [0.25, 0.3) is 5.91 Å². The van der Waals surface area contributed by atoms with Gasteiger partial charge in [0.1, 0.15) is 0 Å². The van der Waals surface area contributed by atoms with Gasteiger partial charge < -0.3 is 10.6 Å². The maximum atomic E-state index is 12.5. The number of carbonyl (C=O) groups is 2. The zero-order valence-corrected chi connectivity index (χ0v) is 13.5. The first-order chi connectivity index (χ1) is 12.2. The number of pyridine rings is 1. The third-order valence-electron chi connectivity index (χ3n) is 4.44. The first-order valence-corrected chi connectivity index (χ1v) is 8.23. The predicted molar refractivity (Wildman–Crippen MR) is 96.3 cm³/mol. The summed E-state index contributed by atoms with van der Waals surface area (Å²) in [6, 6.07) is 15.1. The second-order valence-corrected chi connectivity index (χ2v) is 6.18. The molecular weight excluding hydrogens is 314 g/mol. The Morgan fingerprint density at radius 2 is 2.04 bits per heavy atom. The molecule has 1 atom stereocenters. The molecule has 1 aliphatic rings. The van der Waals surface area contributed by atoms with Crippen LogP contribution in [-0.4, -0.2) is 16.8 Å². The van der Waals surface area contributed by atoms with Crippen molar-refractivity contribution in [1.82, 2.24) is 10.3 Å². The van der Waals surface area contributed by atoms with Gasteiger partial charge in [-0.05, 0) is 47.7 Å². The van der Waals surface area contributed by atoms with E-state index in [1.54, 1.807) is 18.5 Å². The van der Waals surface area contributed by atoms with Crippen LogP contribution in [0.3, 0.4) is 0 Å². The summed E-state index contributed by atoms with van der Waals surface area (Å²) in [7, 11) is 0. The van der Waals surface area contributed by atoms with E-state index in [9.17, 15) is 9.59 Å². The van der Waals surface area contributed by atoms with Crippen molar-refractivity contribution in [3.8, 4) is 0 Å². The van der Waals surface area contributed by atoms with Gasteiger partial charge in [-0.25, -0.2) is 0 Å². The molecular formula is C20H17N3O2. The molecule has 5 nitrogen and oxygen atoms in total. The van der Waals surface area contributed by atoms with Crippen LogP contribution < -0.4 is 10.6 Å². The fraction of sp³-hybridized carbons (Fsp3) is 0.150. The van der Waals surface area contributed by atoms with Crippen LogP contribution in [0.4, 0.5) is 5.69 Å². The third-order valence-corrected chi connectivity index (χ3v) is 4.44. The van der Waals surface area contributed by atoms with Gasteiger partial charge >= 0.3 is 0 Å². The van der Waals surface area contributed by atoms with Crippen molar-refractivity contribution in [3.05, 3.63) is 72.1 Å². The van der Waals surface area contributed by atoms with Gasteiger partial charge in [-0.3, -0.25) is 14.6 Å². The van der Waals surface area contributed by atoms with E-state index in [2.05, 4.69) is 15.6 Å². The average Bonchev–Trinajstić information content (AvgIpc) is 3.08. The van der Waals surface area contributed by atoms with E-state index in [1.807, 2.05) is 42.5 Å². The van der Waals surface area contributed by atoms with Gasteiger partial charge in [0, 0.05) is 35.5 Å². The van der Waals surface area contributed by atoms with E-state index in [4.69, 9.17) is 0 Å². The summed E-state index contributed by atoms with van der Waals surface area (Å²) < 4.78 is 0. The molecule has 0 bridgehead atoms. The Kier molecular flexibility index (Phi) is 3.90. The Hall–Kier alpha value is -3.21. The maximum Gasteiger partial charge on any atom is 0.255 e. The number of rotatable bonds is 3. The quantitative estimate of drug-likeness (QED) is 0.772. The SMILES string of the molecule is O=C1CCC(c2cccc(NC(=O)c3ccc4ccncc4c3)c2)N1. The lowest BCUT2D eigenvalue weighted by molar-refractivity contribution is -0.119. The molecule has 4 rings (SSSR count). The van der Waals surface area contributed by atoms with Gasteiger partial charge in [-0.1, -0.05) is 18.2 Å². The van der Waals surface area contributed by atoms with Crippen LogP contribution >= 0.6 is 0 Å². The second-order valence-electron chi connectivity index (χ2n) is 6.18. The van der Waals surface area contributed by atoms with Crippen LogP contribution in [0.25, 0.3) is 10.8 Å². The first kappa shape index (κ1) is 15.3. The molecule has 25 heavy (non-hydrogen) atoms. The van der Waals surface area contributed by atoms with E-state index in [1.165, 1.54) is 0 Å². The lowest BCUT2D eigenvalue weighted by Gasteiger charge is -2.12. The van der Waals surface area contributed by atoms with Crippen molar-refractivity contribution in [1.29, 1.82) is 0 Å². The van der Waals surface area contributed by atoms with Gasteiger partial charge in [0.05, 0.1) is 6.04 Å². The Bertz CT molecular complexity index is 968. The topological polar surface area (TPSA) is 71.1 Å². The Balaban J connectivity index is 1.54. The molecule has 1 aromatic heterocycles. The molecule has 124 valence electrons. The third kappa shape index (κ3) is 3.21. The zero-order chi connectivity index (χ0) is 17.2. The zero-order valence-electron chi connectivity index (χ0n) is 13.5. The van der Waals surface area contributed by atoms with Crippen LogP contribution in [0.15, 0.2) is 60.9 Å². The molecule has 0 saturated carbocycles. The minimum atomic E-state index is -0.168. The molecule has 0 spiro atoms. The number of aromatic nitrogens is 1. The number of amides is 2. The van der Waals surface area contributed by atoms with Gasteiger partial charge in [0.2, 0.25) is 5.91 Å². The van der Waals surface area contributed by atoms with Crippen molar-refractivity contribution >= 4 is 28.3 Å². The molecule has 2 heterocycles. The van der Waals surface area contributed by atoms with E-state index in [0.29, 0.717) is 12.0 Å². The summed E-state index contributed by atoms with van der Waals surface area (Å²) in [5.41, 5.74) is 2.31. The lowest BCUT2D eigenvalue weighted by atomic mass is 10.0. The van der Waals surface area contributed by atoms with Gasteiger partial charge in [0.15, 0.2) is 0 Å². The smallest absolute Gasteiger partial charge is 0.255 e. The Labute approximate surface area is 145 Å². The normalized spacial score (nSPS) is 16.6. The number of anilines is 1. The average molecular weight is 331 g/mol. The fourth-order valence-corrected chi connectivity index (χ4v) is 3.13. The summed E-state index contributed by atoms with van der Waals surface area (Å²) in [6.45, 7) is 0. The van der Waals surface area contributed by atoms with Crippen LogP contribution in [0.5, 0.6) is 0 Å². The Morgan fingerprint density at radius 3 is 2.88 bits per heavy atom. The molecule has 0 radical (unpaired) electrons. The van der Waals surface area contributed by atoms with Gasteiger partial charge in [-0.15, -0.1) is 0 Å². The highest BCUT2D eigenvalue weighted by atomic mass is 16.2. The molecule has 2 N–H and O–H groups in total. The molecule has 2 aromatic carbocycles. The molecule has 0 aliphatic carbocycles. The molecule has 1 aliphatic heterocycles. The highest BCUT2D eigenvalue weighted by molar-refractivity contribution is 6.06. The minimum Gasteiger partial charge on any atom is -0.349 e. The summed E-state index contributed by atoms with van der Waals surface area (Å²) in [5, 5.41) is 7.84. The van der Waals surface area contributed by atoms with Crippen molar-refractivity contribution in [3.63, 3.8) is 0 Å². The van der Waals surface area contributed by atoms with Crippen molar-refractivity contribution in [2.24, 2.45) is 0 Å². The van der Waals surface area contributed by atoms with Crippen molar-refractivity contribution < 1.29 is 9.59 Å². The highest BCUT2D eigenvalue weighted by Gasteiger charge is 2.22. The largest absolute Gasteiger partial charge is 0.349 e. The Morgan fingerprint density at radius 1 is 1.12 bits per heavy atom. The van der Waals surface area contributed by atoms with Crippen LogP contribution in [-0.2, 0) is 4.79 Å². The van der Waals surface area contributed by atoms with E-state index < -0.39 is 0 Å². The monoisotopic (exact) mass is 331 g/mol. The van der Waals surface area contributed by atoms with Crippen molar-refractivity contribution in [2.45, 2.75) is 18.9 Å². The highest BCUT2D eigenvalue weighted by Crippen LogP contribution is 2.26. The fourth-order valence-electron chi connectivity index (χ4n) is 3.13. The van der Waals surface area contributed by atoms with Crippen LogP contribution in [0.1, 0.15) is 34.8 Å².